The van der Waals surface area contributed by atoms with Gasteiger partial charge in [0.1, 0.15) is 5.56 Å². The summed E-state index contributed by atoms with van der Waals surface area (Å²) in [4.78, 5) is 22.2. The molecule has 0 atom stereocenters. The fraction of sp³-hybridized carbons (Fsp3) is 0.500. The van der Waals surface area contributed by atoms with Crippen molar-refractivity contribution in [1.82, 2.24) is 20.2 Å². The molecule has 1 aliphatic carbocycles. The van der Waals surface area contributed by atoms with E-state index in [0.717, 1.165) is 19.0 Å². The number of amides is 1. The van der Waals surface area contributed by atoms with E-state index < -0.39 is 26.6 Å². The Kier molecular flexibility index (Phi) is 4.04. The highest BCUT2D eigenvalue weighted by atomic mass is 32.2. The van der Waals surface area contributed by atoms with E-state index in [2.05, 4.69) is 20.2 Å². The standard InChI is InChI=1S/C10H14N4O5S/c15-8(13-6-1-2-6)3-4-12-20(18,19)9-7(10(16)17)5-11-14-9/h5-6,12H,1-4H2,(H,11,14)(H,13,15)(H,16,17). The van der Waals surface area contributed by atoms with Crippen molar-refractivity contribution in [3.63, 3.8) is 0 Å². The number of carboxylic acids is 1. The van der Waals surface area contributed by atoms with Crippen LogP contribution < -0.4 is 10.0 Å². The van der Waals surface area contributed by atoms with Gasteiger partial charge >= 0.3 is 5.97 Å². The molecule has 9 nitrogen and oxygen atoms in total. The zero-order valence-corrected chi connectivity index (χ0v) is 11.2. The molecule has 0 saturated heterocycles. The van der Waals surface area contributed by atoms with Crippen molar-refractivity contribution in [3.05, 3.63) is 11.8 Å². The summed E-state index contributed by atoms with van der Waals surface area (Å²) in [5.41, 5.74) is -0.445. The number of aromatic carboxylic acids is 1. The molecule has 1 aromatic rings. The Labute approximate surface area is 114 Å². The SMILES string of the molecule is O=C(CCNS(=O)(=O)c1[nH]ncc1C(=O)O)NC1CC1. The predicted molar refractivity (Wildman–Crippen MR) is 66.5 cm³/mol. The topological polar surface area (TPSA) is 141 Å². The minimum atomic E-state index is -4.03. The molecule has 1 aliphatic rings. The molecule has 4 N–H and O–H groups in total. The third kappa shape index (κ3) is 3.54. The second-order valence-corrected chi connectivity index (χ2v) is 6.11. The van der Waals surface area contributed by atoms with Gasteiger partial charge in [-0.25, -0.2) is 17.9 Å². The van der Waals surface area contributed by atoms with Crippen LogP contribution in [0.1, 0.15) is 29.6 Å². The Bertz CT molecular complexity index is 619. The van der Waals surface area contributed by atoms with Gasteiger partial charge in [-0.05, 0) is 12.8 Å². The Morgan fingerprint density at radius 2 is 2.15 bits per heavy atom. The molecule has 0 aromatic carbocycles. The minimum Gasteiger partial charge on any atom is -0.478 e. The lowest BCUT2D eigenvalue weighted by atomic mass is 10.4. The number of hydrogen-bond donors (Lipinski definition) is 4. The van der Waals surface area contributed by atoms with Gasteiger partial charge in [-0.3, -0.25) is 9.89 Å². The lowest BCUT2D eigenvalue weighted by Crippen LogP contribution is -2.32. The van der Waals surface area contributed by atoms with Crippen LogP contribution in [0.4, 0.5) is 0 Å². The van der Waals surface area contributed by atoms with Crippen molar-refractivity contribution in [2.24, 2.45) is 0 Å². The molecule has 0 aliphatic heterocycles. The van der Waals surface area contributed by atoms with Crippen LogP contribution in [0, 0.1) is 0 Å². The predicted octanol–water partition coefficient (Wildman–Crippen LogP) is -0.945. The van der Waals surface area contributed by atoms with Crippen molar-refractivity contribution in [1.29, 1.82) is 0 Å². The molecule has 0 bridgehead atoms. The number of H-pyrrole nitrogens is 1. The molecule has 10 heteroatoms. The smallest absolute Gasteiger partial charge is 0.340 e. The first-order chi connectivity index (χ1) is 9.40. The van der Waals surface area contributed by atoms with Crippen molar-refractivity contribution >= 4 is 21.9 Å². The summed E-state index contributed by atoms with van der Waals surface area (Å²) in [5.74, 6) is -1.64. The van der Waals surface area contributed by atoms with E-state index in [1.165, 1.54) is 0 Å². The molecule has 2 rings (SSSR count). The van der Waals surface area contributed by atoms with Crippen LogP contribution >= 0.6 is 0 Å². The van der Waals surface area contributed by atoms with Gasteiger partial charge in [0.2, 0.25) is 5.91 Å². The lowest BCUT2D eigenvalue weighted by Gasteiger charge is -2.06. The van der Waals surface area contributed by atoms with Gasteiger partial charge in [0.15, 0.2) is 5.03 Å². The summed E-state index contributed by atoms with van der Waals surface area (Å²) in [6.07, 6.45) is 2.81. The summed E-state index contributed by atoms with van der Waals surface area (Å²) in [6, 6.07) is 0.213. The highest BCUT2D eigenvalue weighted by molar-refractivity contribution is 7.89. The van der Waals surface area contributed by atoms with Crippen LogP contribution in [-0.2, 0) is 14.8 Å². The molecule has 1 aromatic heterocycles. The van der Waals surface area contributed by atoms with Gasteiger partial charge < -0.3 is 10.4 Å². The molecule has 1 fully saturated rings. The van der Waals surface area contributed by atoms with E-state index in [0.29, 0.717) is 0 Å². The number of aromatic nitrogens is 2. The lowest BCUT2D eigenvalue weighted by molar-refractivity contribution is -0.121. The maximum Gasteiger partial charge on any atom is 0.340 e. The van der Waals surface area contributed by atoms with Gasteiger partial charge in [0, 0.05) is 19.0 Å². The highest BCUT2D eigenvalue weighted by Gasteiger charge is 2.25. The van der Waals surface area contributed by atoms with Crippen molar-refractivity contribution in [2.45, 2.75) is 30.3 Å². The van der Waals surface area contributed by atoms with E-state index in [9.17, 15) is 18.0 Å². The number of aromatic amines is 1. The van der Waals surface area contributed by atoms with Gasteiger partial charge in [0.05, 0.1) is 6.20 Å². The third-order valence-electron chi connectivity index (χ3n) is 2.69. The molecule has 1 heterocycles. The van der Waals surface area contributed by atoms with Gasteiger partial charge in [0.25, 0.3) is 10.0 Å². The third-order valence-corrected chi connectivity index (χ3v) is 4.12. The molecule has 0 spiro atoms. The summed E-state index contributed by atoms with van der Waals surface area (Å²) < 4.78 is 25.9. The number of carbonyl (C=O) groups is 2. The number of nitrogens with zero attached hydrogens (tertiary/aromatic N) is 1. The van der Waals surface area contributed by atoms with Gasteiger partial charge in [-0.2, -0.15) is 5.10 Å². The number of carbonyl (C=O) groups excluding carboxylic acids is 1. The van der Waals surface area contributed by atoms with Crippen LogP contribution in [0.3, 0.4) is 0 Å². The molecular formula is C10H14N4O5S. The average Bonchev–Trinajstić information content (AvgIpc) is 3.01. The van der Waals surface area contributed by atoms with Crippen molar-refractivity contribution < 1.29 is 23.1 Å². The van der Waals surface area contributed by atoms with Crippen LogP contribution in [0.15, 0.2) is 11.2 Å². The maximum atomic E-state index is 11.9. The van der Waals surface area contributed by atoms with Gasteiger partial charge in [-0.15, -0.1) is 0 Å². The second-order valence-electron chi connectivity index (χ2n) is 4.41. The zero-order chi connectivity index (χ0) is 14.8. The fourth-order valence-electron chi connectivity index (χ4n) is 1.53. The molecule has 20 heavy (non-hydrogen) atoms. The summed E-state index contributed by atoms with van der Waals surface area (Å²) in [7, 11) is -4.03. The highest BCUT2D eigenvalue weighted by Crippen LogP contribution is 2.18. The summed E-state index contributed by atoms with van der Waals surface area (Å²) >= 11 is 0. The van der Waals surface area contributed by atoms with E-state index in [1.54, 1.807) is 0 Å². The first-order valence-electron chi connectivity index (χ1n) is 5.96. The van der Waals surface area contributed by atoms with Crippen molar-refractivity contribution in [2.75, 3.05) is 6.54 Å². The van der Waals surface area contributed by atoms with E-state index in [-0.39, 0.29) is 24.9 Å². The average molecular weight is 302 g/mol. The molecule has 110 valence electrons. The Balaban J connectivity index is 1.91. The molecule has 0 radical (unpaired) electrons. The van der Waals surface area contributed by atoms with Gasteiger partial charge in [-0.1, -0.05) is 0 Å². The largest absolute Gasteiger partial charge is 0.478 e. The van der Waals surface area contributed by atoms with E-state index in [4.69, 9.17) is 5.11 Å². The second kappa shape index (κ2) is 5.59. The Hall–Kier alpha value is -1.94. The first-order valence-corrected chi connectivity index (χ1v) is 7.44. The molecule has 1 amide bonds. The van der Waals surface area contributed by atoms with E-state index in [1.807, 2.05) is 0 Å². The number of hydrogen-bond acceptors (Lipinski definition) is 5. The molecule has 1 saturated carbocycles. The zero-order valence-electron chi connectivity index (χ0n) is 10.4. The number of carboxylic acid groups (broad SMARTS) is 1. The summed E-state index contributed by atoms with van der Waals surface area (Å²) in [6.45, 7) is -0.112. The van der Waals surface area contributed by atoms with Crippen LogP contribution in [0.2, 0.25) is 0 Å². The van der Waals surface area contributed by atoms with Crippen LogP contribution in [0.25, 0.3) is 0 Å². The Morgan fingerprint density at radius 3 is 2.75 bits per heavy atom. The summed E-state index contributed by atoms with van der Waals surface area (Å²) in [5, 5.41) is 16.5. The number of nitrogens with one attached hydrogen (secondary N) is 3. The minimum absolute atomic E-state index is 0.00767. The van der Waals surface area contributed by atoms with Crippen LogP contribution in [-0.4, -0.2) is 48.2 Å². The quantitative estimate of drug-likeness (QED) is 0.512. The normalized spacial score (nSPS) is 15.0. The van der Waals surface area contributed by atoms with E-state index >= 15 is 0 Å². The monoisotopic (exact) mass is 302 g/mol. The molecular weight excluding hydrogens is 288 g/mol. The van der Waals surface area contributed by atoms with Crippen LogP contribution in [0.5, 0.6) is 0 Å². The fourth-order valence-corrected chi connectivity index (χ4v) is 2.65. The molecule has 0 unspecified atom stereocenters. The first kappa shape index (κ1) is 14.5. The number of sulfonamides is 1. The van der Waals surface area contributed by atoms with Crippen molar-refractivity contribution in [3.8, 4) is 0 Å². The Morgan fingerprint density at radius 1 is 1.45 bits per heavy atom. The number of rotatable bonds is 7. The maximum absolute atomic E-state index is 11.9.